The van der Waals surface area contributed by atoms with Gasteiger partial charge in [0.2, 0.25) is 0 Å². The van der Waals surface area contributed by atoms with Crippen LogP contribution in [0.15, 0.2) is 24.3 Å². The average Bonchev–Trinajstić information content (AvgIpc) is 1.62. The number of hydrogen-bond acceptors (Lipinski definition) is 1. The van der Waals surface area contributed by atoms with Crippen LogP contribution in [-0.4, -0.2) is 13.2 Å². The van der Waals surface area contributed by atoms with Gasteiger partial charge in [-0.05, 0) is 6.42 Å². The van der Waals surface area contributed by atoms with Gasteiger partial charge in [0.1, 0.15) is 0 Å². The molecule has 8 heavy (non-hydrogen) atoms. The van der Waals surface area contributed by atoms with Gasteiger partial charge in [-0.25, -0.2) is 0 Å². The third kappa shape index (κ3) is 1.94. The predicted molar refractivity (Wildman–Crippen MR) is 33.7 cm³/mol. The molecule has 0 aromatic carbocycles. The van der Waals surface area contributed by atoms with Crippen LogP contribution < -0.4 is 0 Å². The molecule has 0 spiro atoms. The van der Waals surface area contributed by atoms with Crippen molar-refractivity contribution in [2.24, 2.45) is 0 Å². The molecular weight excluding hydrogens is 100 g/mol. The van der Waals surface area contributed by atoms with Gasteiger partial charge < -0.3 is 4.74 Å². The molecule has 0 bridgehead atoms. The van der Waals surface area contributed by atoms with E-state index < -0.39 is 0 Å². The van der Waals surface area contributed by atoms with Gasteiger partial charge in [-0.1, -0.05) is 24.3 Å². The summed E-state index contributed by atoms with van der Waals surface area (Å²) in [6, 6.07) is 0. The normalized spacial score (nSPS) is 20.0. The Kier molecular flexibility index (Phi) is 2.40. The molecule has 0 fully saturated rings. The fourth-order valence-corrected chi connectivity index (χ4v) is 0.611. The summed E-state index contributed by atoms with van der Waals surface area (Å²) < 4.78 is 5.10. The Balaban J connectivity index is 2.31. The molecule has 0 atom stereocenters. The summed E-state index contributed by atoms with van der Waals surface area (Å²) in [5.74, 6) is 0. The molecule has 0 saturated heterocycles. The van der Waals surface area contributed by atoms with E-state index in [2.05, 4.69) is 12.2 Å². The Hall–Kier alpha value is -0.560. The van der Waals surface area contributed by atoms with Gasteiger partial charge in [-0.15, -0.1) is 0 Å². The van der Waals surface area contributed by atoms with Gasteiger partial charge in [-0.2, -0.15) is 0 Å². The molecule has 1 heteroatoms. The standard InChI is InChI=1S/C7H10O/c1-2-4-6-8-7-5-3-1/h2-5H,1,6-7H2. The zero-order chi connectivity index (χ0) is 5.66. The van der Waals surface area contributed by atoms with Crippen LogP contribution in [0.25, 0.3) is 0 Å². The summed E-state index contributed by atoms with van der Waals surface area (Å²) in [5.41, 5.74) is 0. The Morgan fingerprint density at radius 1 is 0.875 bits per heavy atom. The van der Waals surface area contributed by atoms with E-state index in [-0.39, 0.29) is 0 Å². The first-order chi connectivity index (χ1) is 4.00. The predicted octanol–water partition coefficient (Wildman–Crippen LogP) is 1.52. The largest absolute Gasteiger partial charge is 0.373 e. The van der Waals surface area contributed by atoms with Crippen LogP contribution in [0.5, 0.6) is 0 Å². The quantitative estimate of drug-likeness (QED) is 0.429. The Morgan fingerprint density at radius 2 is 1.50 bits per heavy atom. The summed E-state index contributed by atoms with van der Waals surface area (Å²) in [7, 11) is 0. The van der Waals surface area contributed by atoms with Crippen molar-refractivity contribution in [3.05, 3.63) is 24.3 Å². The molecule has 0 aromatic heterocycles. The van der Waals surface area contributed by atoms with E-state index in [1.807, 2.05) is 12.2 Å². The fraction of sp³-hybridized carbons (Fsp3) is 0.429. The van der Waals surface area contributed by atoms with Crippen LogP contribution in [-0.2, 0) is 4.74 Å². The number of ether oxygens (including phenoxy) is 1. The second kappa shape index (κ2) is 3.44. The van der Waals surface area contributed by atoms with Crippen molar-refractivity contribution in [3.8, 4) is 0 Å². The molecule has 0 aliphatic carbocycles. The lowest BCUT2D eigenvalue weighted by Crippen LogP contribution is -1.91. The van der Waals surface area contributed by atoms with Crippen molar-refractivity contribution >= 4 is 0 Å². The minimum absolute atomic E-state index is 0.768. The van der Waals surface area contributed by atoms with E-state index in [1.54, 1.807) is 0 Å². The van der Waals surface area contributed by atoms with Crippen molar-refractivity contribution in [2.75, 3.05) is 13.2 Å². The molecule has 0 aromatic rings. The minimum Gasteiger partial charge on any atom is -0.373 e. The van der Waals surface area contributed by atoms with Crippen molar-refractivity contribution in [2.45, 2.75) is 6.42 Å². The molecule has 0 saturated carbocycles. The van der Waals surface area contributed by atoms with Gasteiger partial charge in [0.05, 0.1) is 13.2 Å². The van der Waals surface area contributed by atoms with Crippen LogP contribution in [0.2, 0.25) is 0 Å². The summed E-state index contributed by atoms with van der Waals surface area (Å²) in [5, 5.41) is 0. The van der Waals surface area contributed by atoms with E-state index in [1.165, 1.54) is 0 Å². The smallest absolute Gasteiger partial charge is 0.0651 e. The van der Waals surface area contributed by atoms with Crippen LogP contribution in [0, 0.1) is 0 Å². The first-order valence-corrected chi connectivity index (χ1v) is 2.88. The average molecular weight is 110 g/mol. The summed E-state index contributed by atoms with van der Waals surface area (Å²) in [6.07, 6.45) is 9.36. The summed E-state index contributed by atoms with van der Waals surface area (Å²) >= 11 is 0. The Labute approximate surface area is 49.7 Å². The first kappa shape index (κ1) is 5.57. The number of hydrogen-bond donors (Lipinski definition) is 0. The zero-order valence-corrected chi connectivity index (χ0v) is 4.84. The lowest BCUT2D eigenvalue weighted by atomic mass is 10.3. The Bertz CT molecular complexity index is 91.0. The second-order valence-corrected chi connectivity index (χ2v) is 1.72. The van der Waals surface area contributed by atoms with E-state index >= 15 is 0 Å². The van der Waals surface area contributed by atoms with Gasteiger partial charge in [0.15, 0.2) is 0 Å². The maximum Gasteiger partial charge on any atom is 0.0651 e. The van der Waals surface area contributed by atoms with E-state index in [9.17, 15) is 0 Å². The topological polar surface area (TPSA) is 9.23 Å². The van der Waals surface area contributed by atoms with E-state index in [4.69, 9.17) is 4.74 Å². The number of allylic oxidation sites excluding steroid dienone is 2. The maximum absolute atomic E-state index is 5.10. The van der Waals surface area contributed by atoms with Crippen LogP contribution in [0.3, 0.4) is 0 Å². The molecule has 44 valence electrons. The van der Waals surface area contributed by atoms with Crippen LogP contribution in [0.1, 0.15) is 6.42 Å². The van der Waals surface area contributed by atoms with Crippen molar-refractivity contribution < 1.29 is 4.74 Å². The van der Waals surface area contributed by atoms with Gasteiger partial charge in [0.25, 0.3) is 0 Å². The highest BCUT2D eigenvalue weighted by atomic mass is 16.5. The molecule has 0 amide bonds. The highest BCUT2D eigenvalue weighted by Crippen LogP contribution is 1.90. The van der Waals surface area contributed by atoms with Gasteiger partial charge >= 0.3 is 0 Å². The van der Waals surface area contributed by atoms with E-state index in [0.29, 0.717) is 0 Å². The number of rotatable bonds is 0. The molecule has 0 unspecified atom stereocenters. The molecule has 0 N–H and O–H groups in total. The Morgan fingerprint density at radius 3 is 2.12 bits per heavy atom. The van der Waals surface area contributed by atoms with E-state index in [0.717, 1.165) is 19.6 Å². The summed E-state index contributed by atoms with van der Waals surface area (Å²) in [4.78, 5) is 0. The van der Waals surface area contributed by atoms with Crippen LogP contribution >= 0.6 is 0 Å². The molecule has 1 heterocycles. The van der Waals surface area contributed by atoms with Gasteiger partial charge in [0, 0.05) is 0 Å². The lowest BCUT2D eigenvalue weighted by Gasteiger charge is -1.96. The SMILES string of the molecule is C1=CCOCC=CC1. The second-order valence-electron chi connectivity index (χ2n) is 1.72. The van der Waals surface area contributed by atoms with Crippen LogP contribution in [0.4, 0.5) is 0 Å². The van der Waals surface area contributed by atoms with Crippen molar-refractivity contribution in [1.29, 1.82) is 0 Å². The summed E-state index contributed by atoms with van der Waals surface area (Å²) in [6.45, 7) is 1.54. The zero-order valence-electron chi connectivity index (χ0n) is 4.84. The molecule has 1 aliphatic rings. The highest BCUT2D eigenvalue weighted by Gasteiger charge is 1.81. The maximum atomic E-state index is 5.10. The minimum atomic E-state index is 0.768. The molecule has 1 rings (SSSR count). The van der Waals surface area contributed by atoms with Crippen molar-refractivity contribution in [1.82, 2.24) is 0 Å². The molecule has 1 nitrogen and oxygen atoms in total. The monoisotopic (exact) mass is 110 g/mol. The first-order valence-electron chi connectivity index (χ1n) is 2.88. The molecule has 1 aliphatic heterocycles. The lowest BCUT2D eigenvalue weighted by molar-refractivity contribution is 0.193. The van der Waals surface area contributed by atoms with Gasteiger partial charge in [-0.3, -0.25) is 0 Å². The van der Waals surface area contributed by atoms with Crippen molar-refractivity contribution in [3.63, 3.8) is 0 Å². The third-order valence-electron chi connectivity index (χ3n) is 1.03. The molecular formula is C7H10O. The highest BCUT2D eigenvalue weighted by molar-refractivity contribution is 4.94. The fourth-order valence-electron chi connectivity index (χ4n) is 0.611. The third-order valence-corrected chi connectivity index (χ3v) is 1.03. The molecule has 0 radical (unpaired) electrons.